The van der Waals surface area contributed by atoms with Crippen LogP contribution in [-0.4, -0.2) is 53.2 Å². The van der Waals surface area contributed by atoms with Crippen LogP contribution in [0.5, 0.6) is 0 Å². The van der Waals surface area contributed by atoms with Crippen LogP contribution in [0.25, 0.3) is 0 Å². The second-order valence-electron chi connectivity index (χ2n) is 5.24. The maximum atomic E-state index is 12.3. The molecule has 4 amide bonds. The van der Waals surface area contributed by atoms with Crippen LogP contribution in [-0.2, 0) is 14.4 Å². The molecule has 1 heterocycles. The Morgan fingerprint density at radius 3 is 2.67 bits per heavy atom. The van der Waals surface area contributed by atoms with Gasteiger partial charge in [-0.25, -0.2) is 0 Å². The molecule has 7 nitrogen and oxygen atoms in total. The van der Waals surface area contributed by atoms with Crippen LogP contribution in [0.4, 0.5) is 10.5 Å². The molecule has 1 aromatic carbocycles. The highest BCUT2D eigenvalue weighted by Crippen LogP contribution is 2.18. The van der Waals surface area contributed by atoms with Crippen LogP contribution >= 0.6 is 11.8 Å². The summed E-state index contributed by atoms with van der Waals surface area (Å²) in [6, 6.07) is 7.32. The molecule has 1 aliphatic heterocycles. The summed E-state index contributed by atoms with van der Waals surface area (Å²) in [6.07, 6.45) is 0. The zero-order valence-electron chi connectivity index (χ0n) is 13.6. The number of rotatable bonds is 5. The summed E-state index contributed by atoms with van der Waals surface area (Å²) in [5.41, 5.74) is 1.64. The summed E-state index contributed by atoms with van der Waals surface area (Å²) in [5.74, 6) is -1.58. The first-order chi connectivity index (χ1) is 11.4. The minimum atomic E-state index is -0.759. The van der Waals surface area contributed by atoms with Gasteiger partial charge in [-0.15, -0.1) is 0 Å². The lowest BCUT2D eigenvalue weighted by Gasteiger charge is -2.21. The number of nitrogens with zero attached hydrogens (tertiary/aromatic N) is 2. The predicted molar refractivity (Wildman–Crippen MR) is 91.8 cm³/mol. The van der Waals surface area contributed by atoms with E-state index in [1.54, 1.807) is 13.0 Å². The Kier molecular flexibility index (Phi) is 5.97. The van der Waals surface area contributed by atoms with Crippen molar-refractivity contribution in [1.82, 2.24) is 10.2 Å². The molecule has 128 valence electrons. The van der Waals surface area contributed by atoms with E-state index >= 15 is 0 Å². The standard InChI is InChI=1S/C16H19N3O4S/c1-3-18(12-6-4-5-11(2)9-12)15(22)14(21)17-7-8-19-13(20)10-24-16(19)23/h4-6,9H,3,7-8,10H2,1-2H3,(H,17,21). The summed E-state index contributed by atoms with van der Waals surface area (Å²) >= 11 is 0.935. The van der Waals surface area contributed by atoms with Crippen LogP contribution in [0.1, 0.15) is 12.5 Å². The third-order valence-electron chi connectivity index (χ3n) is 3.53. The molecule has 1 aromatic rings. The van der Waals surface area contributed by atoms with Gasteiger partial charge in [0.2, 0.25) is 5.91 Å². The molecule has 8 heteroatoms. The number of nitrogens with one attached hydrogen (secondary N) is 1. The number of carbonyl (C=O) groups excluding carboxylic acids is 4. The molecule has 24 heavy (non-hydrogen) atoms. The van der Waals surface area contributed by atoms with Gasteiger partial charge in [0.05, 0.1) is 5.75 Å². The molecular formula is C16H19N3O4S. The van der Waals surface area contributed by atoms with Crippen LogP contribution in [0.2, 0.25) is 0 Å². The van der Waals surface area contributed by atoms with E-state index < -0.39 is 11.8 Å². The van der Waals surface area contributed by atoms with Gasteiger partial charge < -0.3 is 10.2 Å². The molecule has 0 saturated carbocycles. The number of carbonyl (C=O) groups is 4. The van der Waals surface area contributed by atoms with Crippen LogP contribution in [0.15, 0.2) is 24.3 Å². The van der Waals surface area contributed by atoms with Crippen molar-refractivity contribution >= 4 is 40.4 Å². The largest absolute Gasteiger partial charge is 0.346 e. The van der Waals surface area contributed by atoms with Crippen molar-refractivity contribution in [2.24, 2.45) is 0 Å². The number of imide groups is 1. The summed E-state index contributed by atoms with van der Waals surface area (Å²) in [7, 11) is 0. The number of aryl methyl sites for hydroxylation is 1. The normalized spacial score (nSPS) is 14.0. The number of hydrogen-bond acceptors (Lipinski definition) is 5. The lowest BCUT2D eigenvalue weighted by molar-refractivity contribution is -0.137. The first-order valence-corrected chi connectivity index (χ1v) is 8.56. The third-order valence-corrected chi connectivity index (χ3v) is 4.39. The van der Waals surface area contributed by atoms with E-state index in [0.717, 1.165) is 22.2 Å². The highest BCUT2D eigenvalue weighted by atomic mass is 32.2. The molecular weight excluding hydrogens is 330 g/mol. The van der Waals surface area contributed by atoms with E-state index in [1.807, 2.05) is 25.1 Å². The van der Waals surface area contributed by atoms with Gasteiger partial charge >= 0.3 is 11.8 Å². The molecule has 1 saturated heterocycles. The number of thioether (sulfide) groups is 1. The van der Waals surface area contributed by atoms with Crippen LogP contribution < -0.4 is 10.2 Å². The Bertz CT molecular complexity index is 661. The Labute approximate surface area is 144 Å². The highest BCUT2D eigenvalue weighted by Gasteiger charge is 2.29. The lowest BCUT2D eigenvalue weighted by Crippen LogP contribution is -2.45. The average Bonchev–Trinajstić information content (AvgIpc) is 2.87. The smallest absolute Gasteiger partial charge is 0.316 e. The van der Waals surface area contributed by atoms with Gasteiger partial charge in [-0.2, -0.15) is 0 Å². The lowest BCUT2D eigenvalue weighted by atomic mass is 10.2. The van der Waals surface area contributed by atoms with Gasteiger partial charge in [0.25, 0.3) is 5.24 Å². The van der Waals surface area contributed by atoms with Crippen molar-refractivity contribution in [2.75, 3.05) is 30.3 Å². The number of anilines is 1. The zero-order valence-corrected chi connectivity index (χ0v) is 14.4. The first kappa shape index (κ1) is 18.0. The molecule has 0 radical (unpaired) electrons. The van der Waals surface area contributed by atoms with Gasteiger partial charge in [0, 0.05) is 25.3 Å². The van der Waals surface area contributed by atoms with Crippen molar-refractivity contribution in [3.05, 3.63) is 29.8 Å². The van der Waals surface area contributed by atoms with Crippen molar-refractivity contribution in [2.45, 2.75) is 13.8 Å². The Morgan fingerprint density at radius 1 is 1.33 bits per heavy atom. The van der Waals surface area contributed by atoms with E-state index in [-0.39, 0.29) is 30.0 Å². The molecule has 0 atom stereocenters. The molecule has 0 spiro atoms. The van der Waals surface area contributed by atoms with Gasteiger partial charge in [-0.05, 0) is 31.5 Å². The maximum Gasteiger partial charge on any atom is 0.316 e. The monoisotopic (exact) mass is 349 g/mol. The van der Waals surface area contributed by atoms with Crippen molar-refractivity contribution < 1.29 is 19.2 Å². The number of hydrogen-bond donors (Lipinski definition) is 1. The van der Waals surface area contributed by atoms with Crippen LogP contribution in [0, 0.1) is 6.92 Å². The molecule has 0 aromatic heterocycles. The van der Waals surface area contributed by atoms with E-state index in [1.165, 1.54) is 4.90 Å². The zero-order chi connectivity index (χ0) is 17.7. The van der Waals surface area contributed by atoms with E-state index in [4.69, 9.17) is 0 Å². The maximum absolute atomic E-state index is 12.3. The van der Waals surface area contributed by atoms with Gasteiger partial charge in [-0.3, -0.25) is 24.1 Å². The van der Waals surface area contributed by atoms with Crippen molar-refractivity contribution in [3.63, 3.8) is 0 Å². The topological polar surface area (TPSA) is 86.8 Å². The fourth-order valence-electron chi connectivity index (χ4n) is 2.32. The summed E-state index contributed by atoms with van der Waals surface area (Å²) in [4.78, 5) is 49.7. The molecule has 1 N–H and O–H groups in total. The van der Waals surface area contributed by atoms with E-state index in [9.17, 15) is 19.2 Å². The van der Waals surface area contributed by atoms with Gasteiger partial charge in [0.1, 0.15) is 0 Å². The van der Waals surface area contributed by atoms with Gasteiger partial charge in [0.15, 0.2) is 0 Å². The Balaban J connectivity index is 1.92. The Hall–Kier alpha value is -2.35. The fraction of sp³-hybridized carbons (Fsp3) is 0.375. The molecule has 2 rings (SSSR count). The highest BCUT2D eigenvalue weighted by molar-refractivity contribution is 8.14. The average molecular weight is 349 g/mol. The van der Waals surface area contributed by atoms with Crippen LogP contribution in [0.3, 0.4) is 0 Å². The summed E-state index contributed by atoms with van der Waals surface area (Å²) < 4.78 is 0. The number of benzene rings is 1. The first-order valence-electron chi connectivity index (χ1n) is 7.57. The van der Waals surface area contributed by atoms with E-state index in [0.29, 0.717) is 12.2 Å². The second-order valence-corrected chi connectivity index (χ2v) is 6.17. The third kappa shape index (κ3) is 4.14. The Morgan fingerprint density at radius 2 is 2.08 bits per heavy atom. The summed E-state index contributed by atoms with van der Waals surface area (Å²) in [5, 5.41) is 2.14. The van der Waals surface area contributed by atoms with Gasteiger partial charge in [-0.1, -0.05) is 23.9 Å². The second kappa shape index (κ2) is 7.96. The molecule has 0 bridgehead atoms. The minimum absolute atomic E-state index is 0.0496. The molecule has 1 fully saturated rings. The van der Waals surface area contributed by atoms with Crippen molar-refractivity contribution in [3.8, 4) is 0 Å². The fourth-order valence-corrected chi connectivity index (χ4v) is 3.07. The SMILES string of the molecule is CCN(C(=O)C(=O)NCCN1C(=O)CSC1=O)c1cccc(C)c1. The minimum Gasteiger partial charge on any atom is -0.346 e. The molecule has 1 aliphatic rings. The summed E-state index contributed by atoms with van der Waals surface area (Å²) in [6.45, 7) is 4.17. The quantitative estimate of drug-likeness (QED) is 0.806. The molecule has 0 unspecified atom stereocenters. The predicted octanol–water partition coefficient (Wildman–Crippen LogP) is 1.16. The van der Waals surface area contributed by atoms with Crippen molar-refractivity contribution in [1.29, 1.82) is 0 Å². The number of likely N-dealkylation sites (N-methyl/N-ethyl adjacent to an activating group) is 1. The number of amides is 4. The van der Waals surface area contributed by atoms with E-state index in [2.05, 4.69) is 5.32 Å². The molecule has 0 aliphatic carbocycles.